The lowest BCUT2D eigenvalue weighted by Crippen LogP contribution is -2.08. The Morgan fingerprint density at radius 1 is 1.26 bits per heavy atom. The highest BCUT2D eigenvalue weighted by molar-refractivity contribution is 5.48. The van der Waals surface area contributed by atoms with Gasteiger partial charge in [0.1, 0.15) is 5.69 Å². The van der Waals surface area contributed by atoms with E-state index in [9.17, 15) is 0 Å². The van der Waals surface area contributed by atoms with Crippen molar-refractivity contribution in [2.75, 3.05) is 20.0 Å². The van der Waals surface area contributed by atoms with Gasteiger partial charge in [0.2, 0.25) is 0 Å². The third-order valence-corrected chi connectivity index (χ3v) is 3.10. The number of hydrogen-bond donors (Lipinski definition) is 1. The molecule has 0 fully saturated rings. The zero-order chi connectivity index (χ0) is 14.0. The Morgan fingerprint density at radius 2 is 2.00 bits per heavy atom. The van der Waals surface area contributed by atoms with Crippen LogP contribution < -0.4 is 15.2 Å². The lowest BCUT2D eigenvalue weighted by Gasteiger charge is -2.12. The summed E-state index contributed by atoms with van der Waals surface area (Å²) in [5.74, 6) is 1.28. The van der Waals surface area contributed by atoms with E-state index in [4.69, 9.17) is 15.2 Å². The van der Waals surface area contributed by atoms with Crippen LogP contribution in [-0.2, 0) is 6.54 Å². The fraction of sp³-hybridized carbons (Fsp3) is 0.385. The fourth-order valence-electron chi connectivity index (χ4n) is 1.97. The van der Waals surface area contributed by atoms with Crippen LogP contribution in [0.4, 0.5) is 5.69 Å². The number of nitrogen functional groups attached to an aromatic ring is 1. The summed E-state index contributed by atoms with van der Waals surface area (Å²) in [5, 5.41) is 4.39. The number of aryl methyl sites for hydroxylation is 1. The van der Waals surface area contributed by atoms with Crippen LogP contribution in [0, 0.1) is 13.8 Å². The Labute approximate surface area is 112 Å². The molecule has 0 amide bonds. The van der Waals surface area contributed by atoms with Crippen molar-refractivity contribution in [1.82, 2.24) is 14.8 Å². The molecule has 2 aromatic heterocycles. The Kier molecular flexibility index (Phi) is 3.59. The first kappa shape index (κ1) is 13.2. The zero-order valence-corrected chi connectivity index (χ0v) is 11.6. The summed E-state index contributed by atoms with van der Waals surface area (Å²) < 4.78 is 12.4. The standard InChI is InChI=1S/C13H18N4O2/c1-8-12(14)9(2)17(16-8)7-10-13(19-4)11(18-3)5-6-15-10/h5-6H,7,14H2,1-4H3. The summed E-state index contributed by atoms with van der Waals surface area (Å²) in [5.41, 5.74) is 9.13. The van der Waals surface area contributed by atoms with E-state index in [2.05, 4.69) is 10.1 Å². The van der Waals surface area contributed by atoms with Gasteiger partial charge in [-0.3, -0.25) is 9.67 Å². The monoisotopic (exact) mass is 262 g/mol. The zero-order valence-electron chi connectivity index (χ0n) is 11.6. The first-order valence-electron chi connectivity index (χ1n) is 5.93. The first-order chi connectivity index (χ1) is 9.08. The maximum absolute atomic E-state index is 5.92. The number of methoxy groups -OCH3 is 2. The van der Waals surface area contributed by atoms with Crippen LogP contribution >= 0.6 is 0 Å². The van der Waals surface area contributed by atoms with E-state index < -0.39 is 0 Å². The average molecular weight is 262 g/mol. The van der Waals surface area contributed by atoms with E-state index in [1.54, 1.807) is 26.5 Å². The first-order valence-corrected chi connectivity index (χ1v) is 5.93. The van der Waals surface area contributed by atoms with Gasteiger partial charge < -0.3 is 15.2 Å². The Balaban J connectivity index is 2.40. The quantitative estimate of drug-likeness (QED) is 0.904. The lowest BCUT2D eigenvalue weighted by molar-refractivity contribution is 0.348. The van der Waals surface area contributed by atoms with Gasteiger partial charge in [0.15, 0.2) is 11.5 Å². The number of hydrogen-bond acceptors (Lipinski definition) is 5. The molecule has 0 aliphatic heterocycles. The Morgan fingerprint density at radius 3 is 2.53 bits per heavy atom. The minimum atomic E-state index is 0.490. The van der Waals surface area contributed by atoms with E-state index in [1.165, 1.54) is 0 Å². The number of pyridine rings is 1. The van der Waals surface area contributed by atoms with Crippen LogP contribution in [0.3, 0.4) is 0 Å². The highest BCUT2D eigenvalue weighted by Crippen LogP contribution is 2.30. The molecule has 19 heavy (non-hydrogen) atoms. The van der Waals surface area contributed by atoms with Gasteiger partial charge >= 0.3 is 0 Å². The summed E-state index contributed by atoms with van der Waals surface area (Å²) >= 11 is 0. The van der Waals surface area contributed by atoms with Gasteiger partial charge in [-0.1, -0.05) is 0 Å². The van der Waals surface area contributed by atoms with Crippen molar-refractivity contribution in [3.05, 3.63) is 29.3 Å². The van der Waals surface area contributed by atoms with Crippen molar-refractivity contribution in [2.24, 2.45) is 0 Å². The number of nitrogens with zero attached hydrogens (tertiary/aromatic N) is 3. The molecule has 0 radical (unpaired) electrons. The third kappa shape index (κ3) is 2.33. The van der Waals surface area contributed by atoms with Crippen molar-refractivity contribution in [3.63, 3.8) is 0 Å². The molecule has 0 aromatic carbocycles. The van der Waals surface area contributed by atoms with Gasteiger partial charge in [-0.25, -0.2) is 0 Å². The number of ether oxygens (including phenoxy) is 2. The molecule has 0 bridgehead atoms. The molecule has 0 saturated heterocycles. The molecular weight excluding hydrogens is 244 g/mol. The fourth-order valence-corrected chi connectivity index (χ4v) is 1.97. The summed E-state index contributed by atoms with van der Waals surface area (Å²) in [6.45, 7) is 4.31. The van der Waals surface area contributed by atoms with E-state index in [0.717, 1.165) is 17.1 Å². The average Bonchev–Trinajstić information content (AvgIpc) is 2.66. The largest absolute Gasteiger partial charge is 0.493 e. The van der Waals surface area contributed by atoms with Crippen molar-refractivity contribution in [1.29, 1.82) is 0 Å². The second-order valence-corrected chi connectivity index (χ2v) is 4.24. The van der Waals surface area contributed by atoms with Gasteiger partial charge in [-0.2, -0.15) is 5.10 Å². The van der Waals surface area contributed by atoms with Crippen molar-refractivity contribution < 1.29 is 9.47 Å². The van der Waals surface area contributed by atoms with Crippen molar-refractivity contribution in [3.8, 4) is 11.5 Å². The SMILES string of the molecule is COc1ccnc(Cn2nc(C)c(N)c2C)c1OC. The molecule has 2 heterocycles. The van der Waals surface area contributed by atoms with Gasteiger partial charge in [0, 0.05) is 12.3 Å². The van der Waals surface area contributed by atoms with Crippen LogP contribution in [0.15, 0.2) is 12.3 Å². The van der Waals surface area contributed by atoms with Crippen LogP contribution in [0.1, 0.15) is 17.1 Å². The van der Waals surface area contributed by atoms with Crippen LogP contribution in [0.2, 0.25) is 0 Å². The molecule has 0 atom stereocenters. The molecule has 2 N–H and O–H groups in total. The summed E-state index contributed by atoms with van der Waals surface area (Å²) in [6.07, 6.45) is 1.69. The molecule has 6 heteroatoms. The maximum Gasteiger partial charge on any atom is 0.184 e. The van der Waals surface area contributed by atoms with Gasteiger partial charge in [-0.15, -0.1) is 0 Å². The molecule has 0 spiro atoms. The van der Waals surface area contributed by atoms with Crippen LogP contribution in [0.25, 0.3) is 0 Å². The molecule has 0 unspecified atom stereocenters. The van der Waals surface area contributed by atoms with E-state index >= 15 is 0 Å². The molecule has 0 aliphatic carbocycles. The topological polar surface area (TPSA) is 75.2 Å². The summed E-state index contributed by atoms with van der Waals surface area (Å²) in [4.78, 5) is 4.33. The Bertz CT molecular complexity index is 593. The molecular formula is C13H18N4O2. The number of aromatic nitrogens is 3. The molecule has 2 aromatic rings. The molecule has 2 rings (SSSR count). The second kappa shape index (κ2) is 5.17. The van der Waals surface area contributed by atoms with E-state index in [1.807, 2.05) is 18.5 Å². The lowest BCUT2D eigenvalue weighted by atomic mass is 10.3. The number of nitrogens with two attached hydrogens (primary N) is 1. The minimum Gasteiger partial charge on any atom is -0.493 e. The number of rotatable bonds is 4. The van der Waals surface area contributed by atoms with Crippen molar-refractivity contribution >= 4 is 5.69 Å². The smallest absolute Gasteiger partial charge is 0.184 e. The number of anilines is 1. The summed E-state index contributed by atoms with van der Waals surface area (Å²) in [7, 11) is 3.20. The molecule has 102 valence electrons. The second-order valence-electron chi connectivity index (χ2n) is 4.24. The maximum atomic E-state index is 5.92. The van der Waals surface area contributed by atoms with Crippen LogP contribution in [0.5, 0.6) is 11.5 Å². The summed E-state index contributed by atoms with van der Waals surface area (Å²) in [6, 6.07) is 1.76. The highest BCUT2D eigenvalue weighted by Gasteiger charge is 2.14. The van der Waals surface area contributed by atoms with E-state index in [0.29, 0.717) is 23.7 Å². The van der Waals surface area contributed by atoms with Gasteiger partial charge in [0.05, 0.1) is 37.8 Å². The normalized spacial score (nSPS) is 10.5. The minimum absolute atomic E-state index is 0.490. The highest BCUT2D eigenvalue weighted by atomic mass is 16.5. The predicted octanol–water partition coefficient (Wildman–Crippen LogP) is 1.54. The molecule has 6 nitrogen and oxygen atoms in total. The van der Waals surface area contributed by atoms with Gasteiger partial charge in [-0.05, 0) is 13.8 Å². The Hall–Kier alpha value is -2.24. The third-order valence-electron chi connectivity index (χ3n) is 3.10. The predicted molar refractivity (Wildman–Crippen MR) is 72.6 cm³/mol. The van der Waals surface area contributed by atoms with Gasteiger partial charge in [0.25, 0.3) is 0 Å². The van der Waals surface area contributed by atoms with Crippen molar-refractivity contribution in [2.45, 2.75) is 20.4 Å². The molecule has 0 saturated carbocycles. The van der Waals surface area contributed by atoms with E-state index in [-0.39, 0.29) is 0 Å². The molecule has 0 aliphatic rings. The van der Waals surface area contributed by atoms with Crippen LogP contribution in [-0.4, -0.2) is 29.0 Å².